The first-order chi connectivity index (χ1) is 8.63. The molecule has 5 heteroatoms. The Morgan fingerprint density at radius 2 is 2.06 bits per heavy atom. The van der Waals surface area contributed by atoms with Crippen molar-refractivity contribution < 1.29 is 9.59 Å². The average molecular weight is 251 g/mol. The molecule has 3 rings (SSSR count). The summed E-state index contributed by atoms with van der Waals surface area (Å²) >= 11 is 0. The predicted octanol–water partition coefficient (Wildman–Crippen LogP) is 0.00640. The van der Waals surface area contributed by atoms with Crippen LogP contribution in [0, 0.1) is 0 Å². The van der Waals surface area contributed by atoms with Gasteiger partial charge >= 0.3 is 0 Å². The number of nitrogens with zero attached hydrogens (tertiary/aromatic N) is 1. The molecule has 18 heavy (non-hydrogen) atoms. The zero-order valence-corrected chi connectivity index (χ0v) is 10.8. The summed E-state index contributed by atoms with van der Waals surface area (Å²) in [6, 6.07) is 1.61. The Morgan fingerprint density at radius 1 is 1.28 bits per heavy atom. The number of rotatable bonds is 3. The highest BCUT2D eigenvalue weighted by atomic mass is 16.2. The molecule has 5 nitrogen and oxygen atoms in total. The van der Waals surface area contributed by atoms with Gasteiger partial charge in [-0.05, 0) is 32.6 Å². The molecule has 3 aliphatic rings. The first kappa shape index (κ1) is 12.1. The molecule has 0 aromatic heterocycles. The Kier molecular flexibility index (Phi) is 3.11. The Balaban J connectivity index is 1.54. The largest absolute Gasteiger partial charge is 0.302 e. The first-order valence-corrected chi connectivity index (χ1v) is 6.99. The van der Waals surface area contributed by atoms with E-state index in [4.69, 9.17) is 0 Å². The zero-order chi connectivity index (χ0) is 12.7. The van der Waals surface area contributed by atoms with E-state index in [1.807, 2.05) is 0 Å². The normalized spacial score (nSPS) is 37.9. The second-order valence-electron chi connectivity index (χ2n) is 5.88. The molecule has 0 bridgehead atoms. The number of hydrogen-bond donors (Lipinski definition) is 2. The minimum atomic E-state index is -0.181. The van der Waals surface area contributed by atoms with E-state index < -0.39 is 0 Å². The Hall–Kier alpha value is -0.940. The minimum absolute atomic E-state index is 0.141. The number of nitrogens with one attached hydrogen (secondary N) is 2. The predicted molar refractivity (Wildman–Crippen MR) is 66.9 cm³/mol. The van der Waals surface area contributed by atoms with E-state index in [1.165, 1.54) is 12.8 Å². The number of piperidine rings is 1. The van der Waals surface area contributed by atoms with E-state index in [0.29, 0.717) is 24.9 Å². The van der Waals surface area contributed by atoms with Crippen LogP contribution in [0.5, 0.6) is 0 Å². The van der Waals surface area contributed by atoms with Crippen LogP contribution >= 0.6 is 0 Å². The summed E-state index contributed by atoms with van der Waals surface area (Å²) in [5, 5.41) is 5.83. The fourth-order valence-electron chi connectivity index (χ4n) is 3.23. The van der Waals surface area contributed by atoms with Crippen LogP contribution < -0.4 is 10.6 Å². The minimum Gasteiger partial charge on any atom is -0.302 e. The van der Waals surface area contributed by atoms with Crippen LogP contribution in [0.15, 0.2) is 0 Å². The van der Waals surface area contributed by atoms with Crippen molar-refractivity contribution in [3.63, 3.8) is 0 Å². The van der Waals surface area contributed by atoms with Crippen molar-refractivity contribution in [1.82, 2.24) is 15.5 Å². The van der Waals surface area contributed by atoms with Crippen LogP contribution in [0.3, 0.4) is 0 Å². The third kappa shape index (κ3) is 2.42. The van der Waals surface area contributed by atoms with Crippen molar-refractivity contribution in [3.8, 4) is 0 Å². The van der Waals surface area contributed by atoms with Gasteiger partial charge in [0.15, 0.2) is 0 Å². The van der Waals surface area contributed by atoms with Crippen LogP contribution in [-0.4, -0.2) is 47.4 Å². The lowest BCUT2D eigenvalue weighted by molar-refractivity contribution is -0.134. The van der Waals surface area contributed by atoms with Crippen molar-refractivity contribution in [3.05, 3.63) is 0 Å². The molecule has 100 valence electrons. The Labute approximate surface area is 107 Å². The molecule has 3 atom stereocenters. The van der Waals surface area contributed by atoms with E-state index in [2.05, 4.69) is 22.5 Å². The second kappa shape index (κ2) is 4.63. The third-order valence-corrected chi connectivity index (χ3v) is 4.31. The van der Waals surface area contributed by atoms with E-state index >= 15 is 0 Å². The van der Waals surface area contributed by atoms with Gasteiger partial charge in [0.05, 0.1) is 6.04 Å². The maximum atomic E-state index is 11.7. The van der Waals surface area contributed by atoms with Crippen LogP contribution in [0.1, 0.15) is 39.0 Å². The van der Waals surface area contributed by atoms with Gasteiger partial charge < -0.3 is 5.32 Å². The van der Waals surface area contributed by atoms with Gasteiger partial charge in [-0.3, -0.25) is 19.8 Å². The highest BCUT2D eigenvalue weighted by Crippen LogP contribution is 2.33. The molecule has 3 unspecified atom stereocenters. The average Bonchev–Trinajstić information content (AvgIpc) is 3.08. The van der Waals surface area contributed by atoms with Gasteiger partial charge in [-0.25, -0.2) is 0 Å². The number of carbonyl (C=O) groups is 2. The van der Waals surface area contributed by atoms with Gasteiger partial charge in [-0.1, -0.05) is 0 Å². The molecular formula is C13H21N3O2. The van der Waals surface area contributed by atoms with E-state index in [9.17, 15) is 9.59 Å². The van der Waals surface area contributed by atoms with Gasteiger partial charge in [-0.15, -0.1) is 0 Å². The van der Waals surface area contributed by atoms with Crippen molar-refractivity contribution >= 4 is 11.8 Å². The SMILES string of the molecule is CC1CC(NC2CCC(=O)NC2=O)CN1C1CC1. The summed E-state index contributed by atoms with van der Waals surface area (Å²) in [5.74, 6) is -0.291. The fraction of sp³-hybridized carbons (Fsp3) is 0.846. The lowest BCUT2D eigenvalue weighted by atomic mass is 10.0. The summed E-state index contributed by atoms with van der Waals surface area (Å²) in [5.41, 5.74) is 0. The van der Waals surface area contributed by atoms with Crippen molar-refractivity contribution in [2.45, 2.75) is 63.2 Å². The van der Waals surface area contributed by atoms with Crippen LogP contribution in [0.2, 0.25) is 0 Å². The summed E-state index contributed by atoms with van der Waals surface area (Å²) in [6.07, 6.45) is 4.86. The number of imide groups is 1. The van der Waals surface area contributed by atoms with E-state index in [1.54, 1.807) is 0 Å². The number of hydrogen-bond acceptors (Lipinski definition) is 4. The van der Waals surface area contributed by atoms with Crippen molar-refractivity contribution in [1.29, 1.82) is 0 Å². The molecule has 0 radical (unpaired) electrons. The fourth-order valence-corrected chi connectivity index (χ4v) is 3.23. The zero-order valence-electron chi connectivity index (χ0n) is 10.8. The number of carbonyl (C=O) groups excluding carboxylic acids is 2. The van der Waals surface area contributed by atoms with Gasteiger partial charge in [0.2, 0.25) is 11.8 Å². The van der Waals surface area contributed by atoms with Crippen molar-refractivity contribution in [2.24, 2.45) is 0 Å². The van der Waals surface area contributed by atoms with Crippen molar-refractivity contribution in [2.75, 3.05) is 6.54 Å². The molecule has 1 aliphatic carbocycles. The third-order valence-electron chi connectivity index (χ3n) is 4.31. The van der Waals surface area contributed by atoms with E-state index in [0.717, 1.165) is 19.0 Å². The molecular weight excluding hydrogens is 230 g/mol. The smallest absolute Gasteiger partial charge is 0.243 e. The van der Waals surface area contributed by atoms with E-state index in [-0.39, 0.29) is 17.9 Å². The monoisotopic (exact) mass is 251 g/mol. The summed E-state index contributed by atoms with van der Waals surface area (Å²) in [7, 11) is 0. The standard InChI is InChI=1S/C13H21N3O2/c1-8-6-9(7-16(8)10-2-3-10)14-11-4-5-12(17)15-13(11)18/h8-11,14H,2-7H2,1H3,(H,15,17,18). The molecule has 1 saturated carbocycles. The molecule has 2 saturated heterocycles. The lowest BCUT2D eigenvalue weighted by Gasteiger charge is -2.25. The Bertz CT molecular complexity index is 367. The quantitative estimate of drug-likeness (QED) is 0.694. The van der Waals surface area contributed by atoms with Gasteiger partial charge in [-0.2, -0.15) is 0 Å². The first-order valence-electron chi connectivity index (χ1n) is 6.99. The maximum Gasteiger partial charge on any atom is 0.243 e. The number of amides is 2. The van der Waals surface area contributed by atoms with Crippen LogP contribution in [0.25, 0.3) is 0 Å². The van der Waals surface area contributed by atoms with Gasteiger partial charge in [0.25, 0.3) is 0 Å². The second-order valence-corrected chi connectivity index (χ2v) is 5.88. The molecule has 2 aliphatic heterocycles. The summed E-state index contributed by atoms with van der Waals surface area (Å²) < 4.78 is 0. The number of likely N-dealkylation sites (tertiary alicyclic amines) is 1. The van der Waals surface area contributed by atoms with Crippen LogP contribution in [0.4, 0.5) is 0 Å². The van der Waals surface area contributed by atoms with Gasteiger partial charge in [0, 0.05) is 31.1 Å². The summed E-state index contributed by atoms with van der Waals surface area (Å²) in [6.45, 7) is 3.31. The Morgan fingerprint density at radius 3 is 2.72 bits per heavy atom. The summed E-state index contributed by atoms with van der Waals surface area (Å²) in [4.78, 5) is 25.3. The topological polar surface area (TPSA) is 61.4 Å². The molecule has 2 heterocycles. The van der Waals surface area contributed by atoms with Crippen LogP contribution in [-0.2, 0) is 9.59 Å². The maximum absolute atomic E-state index is 11.7. The molecule has 0 aromatic carbocycles. The molecule has 0 spiro atoms. The molecule has 2 amide bonds. The highest BCUT2D eigenvalue weighted by molar-refractivity contribution is 6.00. The highest BCUT2D eigenvalue weighted by Gasteiger charge is 2.40. The van der Waals surface area contributed by atoms with Gasteiger partial charge in [0.1, 0.15) is 0 Å². The molecule has 3 fully saturated rings. The lowest BCUT2D eigenvalue weighted by Crippen LogP contribution is -2.53. The molecule has 0 aromatic rings. The molecule has 2 N–H and O–H groups in total.